The van der Waals surface area contributed by atoms with Crippen molar-refractivity contribution in [2.24, 2.45) is 5.92 Å². The van der Waals surface area contributed by atoms with Gasteiger partial charge < -0.3 is 5.32 Å². The molecule has 15 heavy (non-hydrogen) atoms. The Morgan fingerprint density at radius 1 is 1.40 bits per heavy atom. The third-order valence-corrected chi connectivity index (χ3v) is 4.16. The van der Waals surface area contributed by atoms with Crippen molar-refractivity contribution >= 4 is 11.3 Å². The van der Waals surface area contributed by atoms with E-state index in [9.17, 15) is 0 Å². The summed E-state index contributed by atoms with van der Waals surface area (Å²) >= 11 is 1.80. The van der Waals surface area contributed by atoms with Gasteiger partial charge in [-0.1, -0.05) is 6.92 Å². The van der Waals surface area contributed by atoms with Crippen LogP contribution in [-0.4, -0.2) is 11.0 Å². The van der Waals surface area contributed by atoms with E-state index in [-0.39, 0.29) is 0 Å². The number of nitrogens with zero attached hydrogens (tertiary/aromatic N) is 1. The Kier molecular flexibility index (Phi) is 3.76. The average molecular weight is 224 g/mol. The number of thiazole rings is 1. The quantitative estimate of drug-likeness (QED) is 0.853. The van der Waals surface area contributed by atoms with Crippen LogP contribution in [0.25, 0.3) is 0 Å². The van der Waals surface area contributed by atoms with Crippen LogP contribution in [0.15, 0.2) is 6.20 Å². The Morgan fingerprint density at radius 2 is 2.13 bits per heavy atom. The molecule has 0 saturated heterocycles. The van der Waals surface area contributed by atoms with Gasteiger partial charge in [-0.2, -0.15) is 0 Å². The van der Waals surface area contributed by atoms with Gasteiger partial charge in [0, 0.05) is 23.7 Å². The molecular formula is C12H20N2S. The van der Waals surface area contributed by atoms with Crippen LogP contribution in [0.3, 0.4) is 0 Å². The van der Waals surface area contributed by atoms with E-state index in [0.717, 1.165) is 18.5 Å². The average Bonchev–Trinajstić information content (AvgIpc) is 2.64. The summed E-state index contributed by atoms with van der Waals surface area (Å²) in [6, 6.07) is 0.739. The predicted molar refractivity (Wildman–Crippen MR) is 65.1 cm³/mol. The highest BCUT2D eigenvalue weighted by Crippen LogP contribution is 2.23. The van der Waals surface area contributed by atoms with Crippen LogP contribution in [0.4, 0.5) is 0 Å². The first-order chi connectivity index (χ1) is 7.24. The Hall–Kier alpha value is -0.410. The molecule has 0 aliphatic heterocycles. The Labute approximate surface area is 96.1 Å². The maximum Gasteiger partial charge on any atom is 0.0897 e. The summed E-state index contributed by atoms with van der Waals surface area (Å²) in [4.78, 5) is 5.64. The van der Waals surface area contributed by atoms with E-state index in [1.807, 2.05) is 6.20 Å². The van der Waals surface area contributed by atoms with Gasteiger partial charge in [0.05, 0.1) is 5.01 Å². The van der Waals surface area contributed by atoms with Gasteiger partial charge in [0.15, 0.2) is 0 Å². The van der Waals surface area contributed by atoms with Gasteiger partial charge >= 0.3 is 0 Å². The SMILES string of the molecule is Cc1ncc(CNC2CCC(C)CC2)s1. The number of aromatic nitrogens is 1. The first-order valence-electron chi connectivity index (χ1n) is 5.88. The molecule has 1 aliphatic rings. The Balaban J connectivity index is 1.74. The minimum atomic E-state index is 0.739. The van der Waals surface area contributed by atoms with Gasteiger partial charge in [0.25, 0.3) is 0 Å². The number of nitrogens with one attached hydrogen (secondary N) is 1. The topological polar surface area (TPSA) is 24.9 Å². The summed E-state index contributed by atoms with van der Waals surface area (Å²) in [6.07, 6.45) is 7.47. The van der Waals surface area contributed by atoms with Crippen molar-refractivity contribution in [1.29, 1.82) is 0 Å². The molecule has 2 rings (SSSR count). The third-order valence-electron chi connectivity index (χ3n) is 3.25. The lowest BCUT2D eigenvalue weighted by molar-refractivity contribution is 0.307. The molecule has 0 atom stereocenters. The van der Waals surface area contributed by atoms with Gasteiger partial charge in [-0.05, 0) is 38.5 Å². The zero-order valence-electron chi connectivity index (χ0n) is 9.62. The van der Waals surface area contributed by atoms with Crippen molar-refractivity contribution in [3.63, 3.8) is 0 Å². The number of hydrogen-bond acceptors (Lipinski definition) is 3. The highest BCUT2D eigenvalue weighted by Gasteiger charge is 2.17. The van der Waals surface area contributed by atoms with Gasteiger partial charge in [-0.25, -0.2) is 4.98 Å². The molecule has 1 fully saturated rings. The minimum Gasteiger partial charge on any atom is -0.309 e. The van der Waals surface area contributed by atoms with Crippen LogP contribution in [0, 0.1) is 12.8 Å². The molecule has 3 heteroatoms. The van der Waals surface area contributed by atoms with Crippen LogP contribution in [-0.2, 0) is 6.54 Å². The van der Waals surface area contributed by atoms with Crippen molar-refractivity contribution in [2.45, 2.75) is 52.1 Å². The fourth-order valence-corrected chi connectivity index (χ4v) is 2.94. The van der Waals surface area contributed by atoms with Crippen molar-refractivity contribution in [3.8, 4) is 0 Å². The first kappa shape index (κ1) is 11.1. The molecule has 0 spiro atoms. The van der Waals surface area contributed by atoms with Gasteiger partial charge in [0.1, 0.15) is 0 Å². The molecule has 0 radical (unpaired) electrons. The number of aryl methyl sites for hydroxylation is 1. The summed E-state index contributed by atoms with van der Waals surface area (Å²) in [5, 5.41) is 4.81. The predicted octanol–water partition coefficient (Wildman–Crippen LogP) is 3.12. The standard InChI is InChI=1S/C12H20N2S/c1-9-3-5-11(6-4-9)14-8-12-7-13-10(2)15-12/h7,9,11,14H,3-6,8H2,1-2H3. The lowest BCUT2D eigenvalue weighted by Gasteiger charge is -2.26. The van der Waals surface area contributed by atoms with Crippen LogP contribution in [0.2, 0.25) is 0 Å². The van der Waals surface area contributed by atoms with E-state index in [2.05, 4.69) is 24.1 Å². The lowest BCUT2D eigenvalue weighted by atomic mass is 9.87. The Bertz CT molecular complexity index is 300. The van der Waals surface area contributed by atoms with Crippen molar-refractivity contribution in [2.75, 3.05) is 0 Å². The molecule has 0 aromatic carbocycles. The molecule has 1 saturated carbocycles. The first-order valence-corrected chi connectivity index (χ1v) is 6.70. The fraction of sp³-hybridized carbons (Fsp3) is 0.750. The largest absolute Gasteiger partial charge is 0.309 e. The van der Waals surface area contributed by atoms with Crippen molar-refractivity contribution < 1.29 is 0 Å². The second-order valence-corrected chi connectivity index (χ2v) is 6.00. The monoisotopic (exact) mass is 224 g/mol. The van der Waals surface area contributed by atoms with E-state index in [4.69, 9.17) is 0 Å². The summed E-state index contributed by atoms with van der Waals surface area (Å²) in [7, 11) is 0. The van der Waals surface area contributed by atoms with Crippen LogP contribution in [0.1, 0.15) is 42.5 Å². The molecule has 2 nitrogen and oxygen atoms in total. The van der Waals surface area contributed by atoms with Crippen LogP contribution in [0.5, 0.6) is 0 Å². The lowest BCUT2D eigenvalue weighted by Crippen LogP contribution is -2.31. The van der Waals surface area contributed by atoms with E-state index < -0.39 is 0 Å². The summed E-state index contributed by atoms with van der Waals surface area (Å²) in [5.74, 6) is 0.939. The van der Waals surface area contributed by atoms with E-state index in [1.165, 1.54) is 35.6 Å². The zero-order chi connectivity index (χ0) is 10.7. The summed E-state index contributed by atoms with van der Waals surface area (Å²) < 4.78 is 0. The minimum absolute atomic E-state index is 0.739. The summed E-state index contributed by atoms with van der Waals surface area (Å²) in [6.45, 7) is 5.43. The molecule has 1 aliphatic carbocycles. The van der Waals surface area contributed by atoms with Crippen LogP contribution >= 0.6 is 11.3 Å². The zero-order valence-corrected chi connectivity index (χ0v) is 10.4. The molecule has 84 valence electrons. The molecule has 1 aromatic heterocycles. The molecular weight excluding hydrogens is 204 g/mol. The van der Waals surface area contributed by atoms with E-state index >= 15 is 0 Å². The van der Waals surface area contributed by atoms with Crippen molar-refractivity contribution in [3.05, 3.63) is 16.1 Å². The molecule has 1 heterocycles. The number of hydrogen-bond donors (Lipinski definition) is 1. The molecule has 0 amide bonds. The second-order valence-electron chi connectivity index (χ2n) is 4.68. The second kappa shape index (κ2) is 5.08. The third kappa shape index (κ3) is 3.28. The molecule has 1 aromatic rings. The van der Waals surface area contributed by atoms with E-state index in [1.54, 1.807) is 11.3 Å². The normalized spacial score (nSPS) is 26.8. The maximum absolute atomic E-state index is 4.27. The smallest absolute Gasteiger partial charge is 0.0897 e. The number of rotatable bonds is 3. The van der Waals surface area contributed by atoms with Crippen molar-refractivity contribution in [1.82, 2.24) is 10.3 Å². The van der Waals surface area contributed by atoms with Crippen LogP contribution < -0.4 is 5.32 Å². The Morgan fingerprint density at radius 3 is 2.73 bits per heavy atom. The summed E-state index contributed by atoms with van der Waals surface area (Å²) in [5.41, 5.74) is 0. The van der Waals surface area contributed by atoms with Gasteiger partial charge in [-0.3, -0.25) is 0 Å². The highest BCUT2D eigenvalue weighted by molar-refractivity contribution is 7.11. The van der Waals surface area contributed by atoms with Gasteiger partial charge in [0.2, 0.25) is 0 Å². The van der Waals surface area contributed by atoms with E-state index in [0.29, 0.717) is 0 Å². The molecule has 1 N–H and O–H groups in total. The fourth-order valence-electron chi connectivity index (χ4n) is 2.20. The van der Waals surface area contributed by atoms with Gasteiger partial charge in [-0.15, -0.1) is 11.3 Å². The molecule has 0 bridgehead atoms. The molecule has 0 unspecified atom stereocenters. The highest BCUT2D eigenvalue weighted by atomic mass is 32.1. The maximum atomic E-state index is 4.27.